The van der Waals surface area contributed by atoms with Crippen LogP contribution in [0.5, 0.6) is 0 Å². The summed E-state index contributed by atoms with van der Waals surface area (Å²) in [4.78, 5) is 15.4. The van der Waals surface area contributed by atoms with Crippen molar-refractivity contribution in [2.45, 2.75) is 37.9 Å². The third kappa shape index (κ3) is 4.19. The fraction of sp³-hybridized carbons (Fsp3) is 0.407. The zero-order valence-electron chi connectivity index (χ0n) is 20.8. The van der Waals surface area contributed by atoms with Crippen LogP contribution in [0.25, 0.3) is 11.2 Å². The van der Waals surface area contributed by atoms with E-state index in [0.29, 0.717) is 30.3 Å². The zero-order valence-corrected chi connectivity index (χ0v) is 20.8. The Morgan fingerprint density at radius 3 is 2.61 bits per heavy atom. The molecule has 2 aliphatic rings. The average Bonchev–Trinajstić information content (AvgIpc) is 3.40. The van der Waals surface area contributed by atoms with Crippen molar-refractivity contribution >= 4 is 5.52 Å². The molecule has 0 radical (unpaired) electrons. The molecule has 4 aromatic rings. The molecule has 2 fully saturated rings. The summed E-state index contributed by atoms with van der Waals surface area (Å²) in [7, 11) is 1.90. The number of imidazole rings is 1. The highest BCUT2D eigenvalue weighted by Gasteiger charge is 2.36. The first-order chi connectivity index (χ1) is 18.2. The van der Waals surface area contributed by atoms with E-state index in [1.54, 1.807) is 12.4 Å². The van der Waals surface area contributed by atoms with Crippen LogP contribution in [0.2, 0.25) is 0 Å². The summed E-state index contributed by atoms with van der Waals surface area (Å²) in [6.45, 7) is 1.25. The molecule has 1 aromatic carbocycles. The van der Waals surface area contributed by atoms with Crippen LogP contribution in [0, 0.1) is 23.2 Å². The van der Waals surface area contributed by atoms with Crippen LogP contribution >= 0.6 is 0 Å². The van der Waals surface area contributed by atoms with Gasteiger partial charge in [0.05, 0.1) is 28.8 Å². The van der Waals surface area contributed by atoms with Crippen molar-refractivity contribution in [3.05, 3.63) is 82.1 Å². The SMILES string of the molecule is Cn1cnnc1[C@@H](c1cccc(-n2cc3c(C(F)(F)F)cc(CN4CC(C#N)C4)cn3c2=O)c1)C1CCC1. The number of likely N-dealkylation sites (tertiary alicyclic amines) is 1. The Hall–Kier alpha value is -3.91. The minimum atomic E-state index is -4.63. The summed E-state index contributed by atoms with van der Waals surface area (Å²) >= 11 is 0. The molecule has 0 N–H and O–H groups in total. The van der Waals surface area contributed by atoms with Gasteiger partial charge in [-0.05, 0) is 48.1 Å². The highest BCUT2D eigenvalue weighted by molar-refractivity contribution is 5.58. The molecule has 0 unspecified atom stereocenters. The van der Waals surface area contributed by atoms with Gasteiger partial charge < -0.3 is 4.57 Å². The van der Waals surface area contributed by atoms with E-state index in [0.717, 1.165) is 41.1 Å². The predicted molar refractivity (Wildman–Crippen MR) is 133 cm³/mol. The second kappa shape index (κ2) is 9.13. The lowest BCUT2D eigenvalue weighted by Gasteiger charge is -2.35. The number of aryl methyl sites for hydroxylation is 1. The van der Waals surface area contributed by atoms with Gasteiger partial charge in [0.15, 0.2) is 0 Å². The molecule has 1 aliphatic heterocycles. The highest BCUT2D eigenvalue weighted by Crippen LogP contribution is 2.43. The number of halogens is 3. The van der Waals surface area contributed by atoms with Gasteiger partial charge in [0.1, 0.15) is 12.2 Å². The molecule has 0 bridgehead atoms. The van der Waals surface area contributed by atoms with E-state index in [1.165, 1.54) is 17.0 Å². The Morgan fingerprint density at radius 1 is 1.18 bits per heavy atom. The van der Waals surface area contributed by atoms with Crippen LogP contribution in [0.4, 0.5) is 13.2 Å². The Balaban J connectivity index is 1.42. The zero-order chi connectivity index (χ0) is 26.6. The van der Waals surface area contributed by atoms with Crippen molar-refractivity contribution in [3.8, 4) is 11.8 Å². The van der Waals surface area contributed by atoms with E-state index in [-0.39, 0.29) is 23.9 Å². The van der Waals surface area contributed by atoms with Gasteiger partial charge in [-0.25, -0.2) is 4.79 Å². The summed E-state index contributed by atoms with van der Waals surface area (Å²) in [6, 6.07) is 10.7. The van der Waals surface area contributed by atoms with Crippen molar-refractivity contribution in [1.29, 1.82) is 5.26 Å². The Bertz CT molecular complexity index is 1600. The molecular weight excluding hydrogens is 495 g/mol. The number of rotatable bonds is 6. The average molecular weight is 522 g/mol. The fourth-order valence-electron chi connectivity index (χ4n) is 5.63. The number of hydrogen-bond donors (Lipinski definition) is 0. The standard InChI is InChI=1S/C27H26F3N7O/c1-34-16-32-33-25(34)24(19-4-2-5-19)20-6-3-7-21(9-20)36-15-23-22(27(28,29)30)8-17(14-37(23)26(36)38)11-35-12-18(10-31)13-35/h3,6-9,14-16,18-19,24H,2,4-5,11-13H2,1H3/t24-/m1/s1. The van der Waals surface area contributed by atoms with Crippen molar-refractivity contribution in [2.75, 3.05) is 13.1 Å². The Labute approximate surface area is 216 Å². The fourth-order valence-corrected chi connectivity index (χ4v) is 5.63. The summed E-state index contributed by atoms with van der Waals surface area (Å²) in [5.74, 6) is 1.09. The monoisotopic (exact) mass is 521 g/mol. The van der Waals surface area contributed by atoms with Gasteiger partial charge >= 0.3 is 11.9 Å². The van der Waals surface area contributed by atoms with Crippen LogP contribution in [0.3, 0.4) is 0 Å². The van der Waals surface area contributed by atoms with E-state index in [9.17, 15) is 18.0 Å². The van der Waals surface area contributed by atoms with Crippen LogP contribution in [-0.2, 0) is 19.8 Å². The molecule has 1 atom stereocenters. The molecule has 6 rings (SSSR count). The first-order valence-electron chi connectivity index (χ1n) is 12.6. The molecule has 38 heavy (non-hydrogen) atoms. The van der Waals surface area contributed by atoms with Crippen LogP contribution in [0.15, 0.2) is 53.8 Å². The summed E-state index contributed by atoms with van der Waals surface area (Å²) in [5.41, 5.74) is 0.206. The molecule has 196 valence electrons. The number of benzene rings is 1. The number of alkyl halides is 3. The molecule has 11 heteroatoms. The van der Waals surface area contributed by atoms with Crippen LogP contribution in [0.1, 0.15) is 47.7 Å². The maximum Gasteiger partial charge on any atom is 0.418 e. The smallest absolute Gasteiger partial charge is 0.320 e. The minimum absolute atomic E-state index is 0.0185. The number of nitrogens with zero attached hydrogens (tertiary/aromatic N) is 7. The summed E-state index contributed by atoms with van der Waals surface area (Å²) < 4.78 is 46.5. The predicted octanol–water partition coefficient (Wildman–Crippen LogP) is 4.12. The van der Waals surface area contributed by atoms with Gasteiger partial charge in [0, 0.05) is 45.0 Å². The third-order valence-corrected chi connectivity index (χ3v) is 7.83. The van der Waals surface area contributed by atoms with E-state index in [2.05, 4.69) is 16.3 Å². The number of fused-ring (bicyclic) bond motifs is 1. The molecule has 1 saturated heterocycles. The molecule has 8 nitrogen and oxygen atoms in total. The second-order valence-corrected chi connectivity index (χ2v) is 10.4. The molecule has 4 heterocycles. The number of hydrogen-bond acceptors (Lipinski definition) is 5. The summed E-state index contributed by atoms with van der Waals surface area (Å²) in [5, 5.41) is 17.4. The van der Waals surface area contributed by atoms with Gasteiger partial charge in [-0.3, -0.25) is 13.9 Å². The van der Waals surface area contributed by atoms with E-state index in [1.807, 2.05) is 34.7 Å². The first kappa shape index (κ1) is 24.4. The van der Waals surface area contributed by atoms with E-state index in [4.69, 9.17) is 5.26 Å². The van der Waals surface area contributed by atoms with Gasteiger partial charge in [-0.15, -0.1) is 10.2 Å². The van der Waals surface area contributed by atoms with E-state index < -0.39 is 17.4 Å². The van der Waals surface area contributed by atoms with Gasteiger partial charge in [-0.1, -0.05) is 18.6 Å². The number of pyridine rings is 1. The van der Waals surface area contributed by atoms with Gasteiger partial charge in [0.25, 0.3) is 0 Å². The molecular formula is C27H26F3N7O. The van der Waals surface area contributed by atoms with Gasteiger partial charge in [0.2, 0.25) is 0 Å². The lowest BCUT2D eigenvalue weighted by atomic mass is 9.72. The van der Waals surface area contributed by atoms with Crippen molar-refractivity contribution in [1.82, 2.24) is 28.6 Å². The topological polar surface area (TPSA) is 84.2 Å². The Kier molecular flexibility index (Phi) is 5.87. The van der Waals surface area contributed by atoms with Crippen LogP contribution in [-0.4, -0.2) is 41.7 Å². The lowest BCUT2D eigenvalue weighted by molar-refractivity contribution is -0.136. The minimum Gasteiger partial charge on any atom is -0.320 e. The van der Waals surface area contributed by atoms with E-state index >= 15 is 0 Å². The first-order valence-corrected chi connectivity index (χ1v) is 12.6. The molecule has 1 aliphatic carbocycles. The largest absolute Gasteiger partial charge is 0.418 e. The van der Waals surface area contributed by atoms with Crippen molar-refractivity contribution in [3.63, 3.8) is 0 Å². The second-order valence-electron chi connectivity index (χ2n) is 10.4. The highest BCUT2D eigenvalue weighted by atomic mass is 19.4. The maximum atomic E-state index is 14.1. The number of nitriles is 1. The normalized spacial score (nSPS) is 17.8. The maximum absolute atomic E-state index is 14.1. The van der Waals surface area contributed by atoms with Crippen molar-refractivity contribution < 1.29 is 13.2 Å². The molecule has 0 spiro atoms. The van der Waals surface area contributed by atoms with Crippen molar-refractivity contribution in [2.24, 2.45) is 18.9 Å². The van der Waals surface area contributed by atoms with Crippen LogP contribution < -0.4 is 5.69 Å². The molecule has 3 aromatic heterocycles. The summed E-state index contributed by atoms with van der Waals surface area (Å²) in [6.07, 6.45) is 3.02. The van der Waals surface area contributed by atoms with Gasteiger partial charge in [-0.2, -0.15) is 18.4 Å². The quantitative estimate of drug-likeness (QED) is 0.381. The Morgan fingerprint density at radius 2 is 1.97 bits per heavy atom. The molecule has 0 amide bonds. The third-order valence-electron chi connectivity index (χ3n) is 7.83. The molecule has 1 saturated carbocycles. The lowest BCUT2D eigenvalue weighted by Crippen LogP contribution is -2.45. The number of aromatic nitrogens is 5.